The second kappa shape index (κ2) is 8.93. The number of tetrazole rings is 1. The van der Waals surface area contributed by atoms with Crippen molar-refractivity contribution in [2.24, 2.45) is 0 Å². The van der Waals surface area contributed by atoms with Gasteiger partial charge in [-0.15, -0.1) is 0 Å². The Balaban J connectivity index is 1.48. The highest BCUT2D eigenvalue weighted by molar-refractivity contribution is 7.71. The van der Waals surface area contributed by atoms with E-state index in [0.717, 1.165) is 37.4 Å². The Morgan fingerprint density at radius 1 is 1.14 bits per heavy atom. The molecule has 0 bridgehead atoms. The highest BCUT2D eigenvalue weighted by Crippen LogP contribution is 2.18. The van der Waals surface area contributed by atoms with Gasteiger partial charge in [-0.3, -0.25) is 14.6 Å². The summed E-state index contributed by atoms with van der Waals surface area (Å²) in [4.78, 5) is 16.9. The van der Waals surface area contributed by atoms with Crippen LogP contribution in [-0.4, -0.2) is 68.2 Å². The molecule has 3 rings (SSSR count). The van der Waals surface area contributed by atoms with Gasteiger partial charge in [0, 0.05) is 31.9 Å². The molecule has 0 radical (unpaired) electrons. The Bertz CT molecular complexity index is 881. The summed E-state index contributed by atoms with van der Waals surface area (Å²) in [6.45, 7) is 12.6. The zero-order chi connectivity index (χ0) is 20.3. The van der Waals surface area contributed by atoms with Gasteiger partial charge in [0.1, 0.15) is 0 Å². The monoisotopic (exact) mass is 403 g/mol. The molecule has 0 saturated carbocycles. The Labute approximate surface area is 171 Å². The van der Waals surface area contributed by atoms with Crippen LogP contribution in [0.15, 0.2) is 18.2 Å². The maximum atomic E-state index is 12.4. The van der Waals surface area contributed by atoms with Crippen LogP contribution in [0.4, 0.5) is 5.69 Å². The zero-order valence-electron chi connectivity index (χ0n) is 17.1. The third-order valence-corrected chi connectivity index (χ3v) is 5.59. The topological polar surface area (TPSA) is 71.2 Å². The van der Waals surface area contributed by atoms with Gasteiger partial charge in [-0.1, -0.05) is 12.1 Å². The molecule has 1 amide bonds. The quantitative estimate of drug-likeness (QED) is 0.746. The van der Waals surface area contributed by atoms with E-state index < -0.39 is 0 Å². The zero-order valence-corrected chi connectivity index (χ0v) is 17.9. The first-order valence-electron chi connectivity index (χ1n) is 9.68. The predicted molar refractivity (Wildman–Crippen MR) is 112 cm³/mol. The number of amides is 1. The van der Waals surface area contributed by atoms with E-state index in [4.69, 9.17) is 12.2 Å². The van der Waals surface area contributed by atoms with E-state index in [1.807, 2.05) is 32.9 Å². The summed E-state index contributed by atoms with van der Waals surface area (Å²) in [5.74, 6) is 0.0317. The number of carbonyl (C=O) groups is 1. The molecular formula is C19H29N7OS. The molecule has 1 aliphatic heterocycles. The predicted octanol–water partition coefficient (Wildman–Crippen LogP) is 2.22. The van der Waals surface area contributed by atoms with E-state index in [0.29, 0.717) is 18.0 Å². The van der Waals surface area contributed by atoms with Crippen molar-refractivity contribution in [2.75, 3.05) is 38.0 Å². The standard InChI is InChI=1S/C19H29N7OS/c1-14(2)26-19(28)25(21-22-26)13-24-10-8-23(9-11-24)12-18(27)20-17-7-5-6-15(3)16(17)4/h5-7,14H,8-13H2,1-4H3,(H,20,27). The number of aromatic nitrogens is 4. The van der Waals surface area contributed by atoms with Crippen LogP contribution in [0.3, 0.4) is 0 Å². The average molecular weight is 404 g/mol. The first kappa shape index (κ1) is 20.6. The molecular weight excluding hydrogens is 374 g/mol. The largest absolute Gasteiger partial charge is 0.325 e. The lowest BCUT2D eigenvalue weighted by atomic mass is 10.1. The molecule has 0 unspecified atom stereocenters. The fourth-order valence-electron chi connectivity index (χ4n) is 3.26. The summed E-state index contributed by atoms with van der Waals surface area (Å²) in [5, 5.41) is 11.3. The van der Waals surface area contributed by atoms with Crippen LogP contribution >= 0.6 is 12.2 Å². The summed E-state index contributed by atoms with van der Waals surface area (Å²) in [6.07, 6.45) is 0. The summed E-state index contributed by atoms with van der Waals surface area (Å²) in [6, 6.07) is 6.17. The number of rotatable bonds is 6. The molecule has 1 N–H and O–H groups in total. The third kappa shape index (κ3) is 4.84. The fourth-order valence-corrected chi connectivity index (χ4v) is 3.60. The van der Waals surface area contributed by atoms with E-state index in [1.54, 1.807) is 9.36 Å². The maximum Gasteiger partial charge on any atom is 0.238 e. The van der Waals surface area contributed by atoms with E-state index in [-0.39, 0.29) is 11.9 Å². The molecule has 0 atom stereocenters. The highest BCUT2D eigenvalue weighted by atomic mass is 32.1. The van der Waals surface area contributed by atoms with Crippen molar-refractivity contribution in [1.82, 2.24) is 29.6 Å². The minimum atomic E-state index is 0.0317. The van der Waals surface area contributed by atoms with Crippen molar-refractivity contribution in [3.63, 3.8) is 0 Å². The van der Waals surface area contributed by atoms with Crippen LogP contribution in [0, 0.1) is 18.6 Å². The number of hydrogen-bond donors (Lipinski definition) is 1. The molecule has 1 aromatic carbocycles. The first-order chi connectivity index (χ1) is 13.3. The molecule has 1 fully saturated rings. The molecule has 28 heavy (non-hydrogen) atoms. The fraction of sp³-hybridized carbons (Fsp3) is 0.579. The molecule has 152 valence electrons. The van der Waals surface area contributed by atoms with E-state index >= 15 is 0 Å². The minimum Gasteiger partial charge on any atom is -0.325 e. The number of anilines is 1. The summed E-state index contributed by atoms with van der Waals surface area (Å²) in [7, 11) is 0. The molecule has 2 heterocycles. The molecule has 1 aromatic heterocycles. The van der Waals surface area contributed by atoms with Crippen molar-refractivity contribution in [3.8, 4) is 0 Å². The second-order valence-corrected chi connectivity index (χ2v) is 8.00. The molecule has 0 spiro atoms. The second-order valence-electron chi connectivity index (χ2n) is 7.63. The number of hydrogen-bond acceptors (Lipinski definition) is 6. The molecule has 2 aromatic rings. The van der Waals surface area contributed by atoms with Gasteiger partial charge in [0.25, 0.3) is 0 Å². The van der Waals surface area contributed by atoms with Gasteiger partial charge in [0.15, 0.2) is 0 Å². The summed E-state index contributed by atoms with van der Waals surface area (Å²) in [5.41, 5.74) is 3.19. The van der Waals surface area contributed by atoms with Crippen molar-refractivity contribution in [1.29, 1.82) is 0 Å². The van der Waals surface area contributed by atoms with Crippen molar-refractivity contribution in [2.45, 2.75) is 40.4 Å². The Morgan fingerprint density at radius 2 is 1.82 bits per heavy atom. The molecule has 9 heteroatoms. The van der Waals surface area contributed by atoms with Crippen LogP contribution in [-0.2, 0) is 11.5 Å². The Morgan fingerprint density at radius 3 is 2.46 bits per heavy atom. The third-order valence-electron chi connectivity index (χ3n) is 5.20. The number of nitrogens with one attached hydrogen (secondary N) is 1. The first-order valence-corrected chi connectivity index (χ1v) is 10.1. The van der Waals surface area contributed by atoms with Crippen molar-refractivity contribution < 1.29 is 4.79 Å². The van der Waals surface area contributed by atoms with E-state index in [1.165, 1.54) is 5.56 Å². The smallest absolute Gasteiger partial charge is 0.238 e. The SMILES string of the molecule is Cc1cccc(NC(=O)CN2CCN(Cn3nnn(C(C)C)c3=S)CC2)c1C. The number of aryl methyl sites for hydroxylation is 1. The lowest BCUT2D eigenvalue weighted by Crippen LogP contribution is -2.49. The van der Waals surface area contributed by atoms with Crippen molar-refractivity contribution in [3.05, 3.63) is 34.1 Å². The number of carbonyl (C=O) groups excluding carboxylic acids is 1. The van der Waals surface area contributed by atoms with E-state index in [9.17, 15) is 4.79 Å². The van der Waals surface area contributed by atoms with Gasteiger partial charge in [0.05, 0.1) is 19.3 Å². The lowest BCUT2D eigenvalue weighted by Gasteiger charge is -2.33. The van der Waals surface area contributed by atoms with Crippen molar-refractivity contribution >= 4 is 23.8 Å². The number of benzene rings is 1. The van der Waals surface area contributed by atoms with Crippen LogP contribution in [0.2, 0.25) is 0 Å². The number of nitrogens with zero attached hydrogens (tertiary/aromatic N) is 6. The van der Waals surface area contributed by atoms with Gasteiger partial charge >= 0.3 is 0 Å². The highest BCUT2D eigenvalue weighted by Gasteiger charge is 2.20. The minimum absolute atomic E-state index is 0.0317. The Kier molecular flexibility index (Phi) is 6.58. The summed E-state index contributed by atoms with van der Waals surface area (Å²) < 4.78 is 4.16. The lowest BCUT2D eigenvalue weighted by molar-refractivity contribution is -0.117. The van der Waals surface area contributed by atoms with Crippen LogP contribution in [0.5, 0.6) is 0 Å². The van der Waals surface area contributed by atoms with Gasteiger partial charge in [-0.25, -0.2) is 9.36 Å². The van der Waals surface area contributed by atoms with E-state index in [2.05, 4.69) is 38.5 Å². The van der Waals surface area contributed by atoms with Crippen LogP contribution < -0.4 is 5.32 Å². The van der Waals surface area contributed by atoms with Crippen LogP contribution in [0.1, 0.15) is 31.0 Å². The molecule has 0 aliphatic carbocycles. The van der Waals surface area contributed by atoms with Gasteiger partial charge in [-0.05, 0) is 67.5 Å². The normalized spacial score (nSPS) is 15.9. The Hall–Kier alpha value is -2.10. The molecule has 1 aliphatic rings. The average Bonchev–Trinajstić information content (AvgIpc) is 3.01. The van der Waals surface area contributed by atoms with Gasteiger partial charge < -0.3 is 5.32 Å². The van der Waals surface area contributed by atoms with Gasteiger partial charge in [-0.2, -0.15) is 0 Å². The molecule has 1 saturated heterocycles. The number of piperazine rings is 1. The maximum absolute atomic E-state index is 12.4. The summed E-state index contributed by atoms with van der Waals surface area (Å²) >= 11 is 5.44. The molecule has 8 nitrogen and oxygen atoms in total. The van der Waals surface area contributed by atoms with Crippen LogP contribution in [0.25, 0.3) is 0 Å². The van der Waals surface area contributed by atoms with Gasteiger partial charge in [0.2, 0.25) is 10.7 Å².